The molecule has 156 valence electrons. The molecule has 0 aromatic heterocycles. The maximum absolute atomic E-state index is 14.5. The Balaban J connectivity index is 1.66. The lowest BCUT2D eigenvalue weighted by atomic mass is 9.65. The van der Waals surface area contributed by atoms with Crippen molar-refractivity contribution in [2.75, 3.05) is 7.11 Å². The first-order valence-electron chi connectivity index (χ1n) is 10.4. The molecule has 1 fully saturated rings. The highest BCUT2D eigenvalue weighted by molar-refractivity contribution is 6.41. The van der Waals surface area contributed by atoms with Gasteiger partial charge in [-0.25, -0.2) is 13.8 Å². The van der Waals surface area contributed by atoms with Crippen LogP contribution >= 0.6 is 0 Å². The van der Waals surface area contributed by atoms with Gasteiger partial charge in [-0.05, 0) is 74.4 Å². The van der Waals surface area contributed by atoms with E-state index in [9.17, 15) is 8.78 Å². The zero-order valence-electron chi connectivity index (χ0n) is 17.2. The number of amidine groups is 1. The van der Waals surface area contributed by atoms with Crippen molar-refractivity contribution in [3.63, 3.8) is 0 Å². The number of rotatable bonds is 2. The first-order valence-corrected chi connectivity index (χ1v) is 10.4. The fourth-order valence-electron chi connectivity index (χ4n) is 5.56. The Morgan fingerprint density at radius 3 is 2.50 bits per heavy atom. The Labute approximate surface area is 174 Å². The van der Waals surface area contributed by atoms with E-state index < -0.39 is 17.3 Å². The van der Waals surface area contributed by atoms with E-state index in [1.54, 1.807) is 7.11 Å². The molecule has 1 heterocycles. The lowest BCUT2D eigenvalue weighted by Crippen LogP contribution is -2.43. The second kappa shape index (κ2) is 6.71. The molecule has 30 heavy (non-hydrogen) atoms. The van der Waals surface area contributed by atoms with E-state index in [4.69, 9.17) is 20.5 Å². The Morgan fingerprint density at radius 1 is 1.07 bits per heavy atom. The molecule has 1 atom stereocenters. The van der Waals surface area contributed by atoms with Crippen LogP contribution in [0.3, 0.4) is 0 Å². The van der Waals surface area contributed by atoms with Crippen molar-refractivity contribution in [3.05, 3.63) is 59.2 Å². The molecule has 5 rings (SSSR count). The van der Waals surface area contributed by atoms with Crippen LogP contribution in [0.5, 0.6) is 0 Å². The molecule has 0 amide bonds. The minimum Gasteiger partial charge on any atom is -0.382 e. The third kappa shape index (κ3) is 2.66. The van der Waals surface area contributed by atoms with Gasteiger partial charge < -0.3 is 10.5 Å². The summed E-state index contributed by atoms with van der Waals surface area (Å²) >= 11 is 0. The van der Waals surface area contributed by atoms with Crippen molar-refractivity contribution in [2.24, 2.45) is 21.1 Å². The largest absolute Gasteiger partial charge is 0.382 e. The summed E-state index contributed by atoms with van der Waals surface area (Å²) in [5.74, 6) is -0.459. The molecule has 6 heteroatoms. The third-order valence-corrected chi connectivity index (χ3v) is 7.20. The lowest BCUT2D eigenvalue weighted by molar-refractivity contribution is -0.000372. The quantitative estimate of drug-likeness (QED) is 0.778. The van der Waals surface area contributed by atoms with Gasteiger partial charge in [0.15, 0.2) is 5.66 Å². The Hall–Kier alpha value is -2.60. The van der Waals surface area contributed by atoms with Crippen LogP contribution in [-0.4, -0.2) is 24.8 Å². The van der Waals surface area contributed by atoms with Crippen LogP contribution in [0.2, 0.25) is 0 Å². The summed E-state index contributed by atoms with van der Waals surface area (Å²) in [7, 11) is 1.76. The number of nitrogens with two attached hydrogens (primary N) is 1. The fourth-order valence-corrected chi connectivity index (χ4v) is 5.56. The van der Waals surface area contributed by atoms with Gasteiger partial charge in [-0.1, -0.05) is 12.1 Å². The molecule has 1 saturated carbocycles. The van der Waals surface area contributed by atoms with E-state index in [-0.39, 0.29) is 17.1 Å². The highest BCUT2D eigenvalue weighted by Gasteiger charge is 2.60. The van der Waals surface area contributed by atoms with Crippen molar-refractivity contribution in [3.8, 4) is 11.1 Å². The van der Waals surface area contributed by atoms with Crippen LogP contribution in [0.4, 0.5) is 8.78 Å². The Bertz CT molecular complexity index is 1070. The minimum absolute atomic E-state index is 0.175. The topological polar surface area (TPSA) is 60.0 Å². The Kier molecular flexibility index (Phi) is 4.33. The Morgan fingerprint density at radius 2 is 1.83 bits per heavy atom. The number of hydrogen-bond donors (Lipinski definition) is 1. The van der Waals surface area contributed by atoms with Crippen molar-refractivity contribution >= 4 is 11.5 Å². The van der Waals surface area contributed by atoms with E-state index >= 15 is 0 Å². The number of halogens is 2. The third-order valence-electron chi connectivity index (χ3n) is 7.20. The number of methoxy groups -OCH3 is 1. The SMILES string of the molecule is COC1CCC2(CC1)Cc1ccc(-c3cc(F)ccc3F)cc1[C@@]21N=C(C)C(N)=N1. The predicted molar refractivity (Wildman–Crippen MR) is 114 cm³/mol. The number of hydrogen-bond acceptors (Lipinski definition) is 4. The van der Waals surface area contributed by atoms with Gasteiger partial charge in [0.1, 0.15) is 17.5 Å². The zero-order chi connectivity index (χ0) is 21.1. The molecule has 2 N–H and O–H groups in total. The van der Waals surface area contributed by atoms with Crippen LogP contribution in [0.1, 0.15) is 43.7 Å². The zero-order valence-corrected chi connectivity index (χ0v) is 17.2. The number of nitrogens with zero attached hydrogens (tertiary/aromatic N) is 2. The van der Waals surface area contributed by atoms with Gasteiger partial charge in [0, 0.05) is 23.7 Å². The highest BCUT2D eigenvalue weighted by atomic mass is 19.1. The summed E-state index contributed by atoms with van der Waals surface area (Å²) in [4.78, 5) is 9.95. The van der Waals surface area contributed by atoms with E-state index in [0.29, 0.717) is 11.4 Å². The molecule has 0 bridgehead atoms. The van der Waals surface area contributed by atoms with Crippen molar-refractivity contribution in [1.29, 1.82) is 0 Å². The molecule has 2 aromatic carbocycles. The molecular formula is C24H25F2N3O. The van der Waals surface area contributed by atoms with Gasteiger partial charge >= 0.3 is 0 Å². The summed E-state index contributed by atoms with van der Waals surface area (Å²) in [6.07, 6.45) is 4.84. The van der Waals surface area contributed by atoms with Crippen molar-refractivity contribution in [2.45, 2.75) is 50.8 Å². The van der Waals surface area contributed by atoms with Gasteiger partial charge in [0.25, 0.3) is 0 Å². The molecule has 2 aromatic rings. The summed E-state index contributed by atoms with van der Waals surface area (Å²) in [6.45, 7) is 1.89. The van der Waals surface area contributed by atoms with Crippen LogP contribution in [-0.2, 0) is 16.8 Å². The second-order valence-corrected chi connectivity index (χ2v) is 8.75. The standard InChI is InChI=1S/C24H25F2N3O/c1-14-22(27)29-24(28-14)20-11-15(19-12-17(25)5-6-21(19)26)3-4-16(20)13-23(24)9-7-18(30-2)8-10-23/h3-6,11-12,18H,7-10,13H2,1-2H3,(H2,27,29)/t18?,23?,24-/m0/s1. The van der Waals surface area contributed by atoms with E-state index in [0.717, 1.165) is 61.1 Å². The maximum Gasteiger partial charge on any atom is 0.184 e. The average molecular weight is 409 g/mol. The molecule has 2 aliphatic carbocycles. The lowest BCUT2D eigenvalue weighted by Gasteiger charge is -2.44. The molecule has 2 spiro atoms. The van der Waals surface area contributed by atoms with E-state index in [2.05, 4.69) is 0 Å². The summed E-state index contributed by atoms with van der Waals surface area (Å²) in [6, 6.07) is 9.34. The average Bonchev–Trinajstić information content (AvgIpc) is 3.18. The molecule has 0 radical (unpaired) electrons. The van der Waals surface area contributed by atoms with Crippen LogP contribution < -0.4 is 5.73 Å². The molecule has 0 unspecified atom stereocenters. The molecular weight excluding hydrogens is 384 g/mol. The first-order chi connectivity index (χ1) is 14.4. The summed E-state index contributed by atoms with van der Waals surface area (Å²) < 4.78 is 33.9. The second-order valence-electron chi connectivity index (χ2n) is 8.75. The van der Waals surface area contributed by atoms with E-state index in [1.165, 1.54) is 6.07 Å². The van der Waals surface area contributed by atoms with Gasteiger partial charge in [0.2, 0.25) is 0 Å². The van der Waals surface area contributed by atoms with Crippen LogP contribution in [0.25, 0.3) is 11.1 Å². The number of benzene rings is 2. The van der Waals surface area contributed by atoms with Crippen LogP contribution in [0, 0.1) is 17.0 Å². The number of aliphatic imine (C=N–C) groups is 2. The van der Waals surface area contributed by atoms with Crippen molar-refractivity contribution < 1.29 is 13.5 Å². The fraction of sp³-hybridized carbons (Fsp3) is 0.417. The first kappa shape index (κ1) is 19.4. The summed E-state index contributed by atoms with van der Waals surface area (Å²) in [5, 5.41) is 0. The van der Waals surface area contributed by atoms with Crippen LogP contribution in [0.15, 0.2) is 46.4 Å². The predicted octanol–water partition coefficient (Wildman–Crippen LogP) is 4.75. The smallest absolute Gasteiger partial charge is 0.184 e. The summed E-state index contributed by atoms with van der Waals surface area (Å²) in [5.41, 5.74) is 8.96. The molecule has 3 aliphatic rings. The maximum atomic E-state index is 14.5. The van der Waals surface area contributed by atoms with E-state index in [1.807, 2.05) is 25.1 Å². The molecule has 1 aliphatic heterocycles. The van der Waals surface area contributed by atoms with Gasteiger partial charge in [0.05, 0.1) is 11.8 Å². The van der Waals surface area contributed by atoms with Crippen molar-refractivity contribution in [1.82, 2.24) is 0 Å². The molecule has 4 nitrogen and oxygen atoms in total. The van der Waals surface area contributed by atoms with Gasteiger partial charge in [-0.2, -0.15) is 0 Å². The molecule has 0 saturated heterocycles. The number of fused-ring (bicyclic) bond motifs is 3. The van der Waals surface area contributed by atoms with Gasteiger partial charge in [-0.3, -0.25) is 4.99 Å². The number of ether oxygens (including phenoxy) is 1. The normalized spacial score (nSPS) is 29.9. The highest BCUT2D eigenvalue weighted by Crippen LogP contribution is 2.62. The monoisotopic (exact) mass is 409 g/mol. The minimum atomic E-state index is -0.797. The van der Waals surface area contributed by atoms with Gasteiger partial charge in [-0.15, -0.1) is 0 Å².